The van der Waals surface area contributed by atoms with E-state index in [1.807, 2.05) is 12.1 Å². The van der Waals surface area contributed by atoms with Crippen LogP contribution in [0.4, 0.5) is 0 Å². The molecule has 0 aliphatic heterocycles. The summed E-state index contributed by atoms with van der Waals surface area (Å²) in [6.07, 6.45) is 7.06. The van der Waals surface area contributed by atoms with Gasteiger partial charge in [-0.15, -0.1) is 0 Å². The van der Waals surface area contributed by atoms with Crippen LogP contribution in [0, 0.1) is 5.92 Å². The maximum absolute atomic E-state index is 12.1. The highest BCUT2D eigenvalue weighted by Gasteiger charge is 2.25. The molecule has 1 amide bonds. The first-order valence-electron chi connectivity index (χ1n) is 8.28. The van der Waals surface area contributed by atoms with Gasteiger partial charge in [0.15, 0.2) is 6.61 Å². The number of hydrogen-bond donors (Lipinski definition) is 1. The van der Waals surface area contributed by atoms with Crippen LogP contribution in [0.15, 0.2) is 24.3 Å². The lowest BCUT2D eigenvalue weighted by molar-refractivity contribution is -0.152. The number of ether oxygens (including phenoxy) is 1. The smallest absolute Gasteiger partial charge is 0.309 e. The first-order chi connectivity index (χ1) is 10.7. The highest BCUT2D eigenvalue weighted by Crippen LogP contribution is 2.29. The normalized spacial score (nSPS) is 21.2. The van der Waals surface area contributed by atoms with Crippen LogP contribution in [0.3, 0.4) is 0 Å². The SMILES string of the molecule is O=C(COC(=O)C1CCCC1)N[C@H]1CCCc2ccccc21. The molecule has 1 N–H and O–H groups in total. The monoisotopic (exact) mass is 301 g/mol. The van der Waals surface area contributed by atoms with E-state index in [1.54, 1.807) is 0 Å². The molecular weight excluding hydrogens is 278 g/mol. The minimum Gasteiger partial charge on any atom is -0.455 e. The third kappa shape index (κ3) is 3.49. The van der Waals surface area contributed by atoms with Crippen LogP contribution in [0.2, 0.25) is 0 Å². The van der Waals surface area contributed by atoms with Gasteiger partial charge in [0.25, 0.3) is 5.91 Å². The summed E-state index contributed by atoms with van der Waals surface area (Å²) in [5.74, 6) is -0.409. The van der Waals surface area contributed by atoms with Gasteiger partial charge in [-0.1, -0.05) is 37.1 Å². The number of aryl methyl sites for hydroxylation is 1. The molecule has 22 heavy (non-hydrogen) atoms. The van der Waals surface area contributed by atoms with Gasteiger partial charge in [0.05, 0.1) is 12.0 Å². The summed E-state index contributed by atoms with van der Waals surface area (Å²) in [5, 5.41) is 3.00. The van der Waals surface area contributed by atoms with Gasteiger partial charge in [0, 0.05) is 0 Å². The highest BCUT2D eigenvalue weighted by atomic mass is 16.5. The number of hydrogen-bond acceptors (Lipinski definition) is 3. The highest BCUT2D eigenvalue weighted by molar-refractivity contribution is 5.81. The lowest BCUT2D eigenvalue weighted by atomic mass is 9.88. The minimum atomic E-state index is -0.211. The molecule has 0 spiro atoms. The third-order valence-electron chi connectivity index (χ3n) is 4.74. The van der Waals surface area contributed by atoms with Gasteiger partial charge in [-0.25, -0.2) is 0 Å². The number of fused-ring (bicyclic) bond motifs is 1. The van der Waals surface area contributed by atoms with Gasteiger partial charge in [-0.05, 0) is 43.2 Å². The molecule has 1 fully saturated rings. The summed E-state index contributed by atoms with van der Waals surface area (Å²) in [6.45, 7) is -0.159. The summed E-state index contributed by atoms with van der Waals surface area (Å²) in [4.78, 5) is 23.9. The second-order valence-electron chi connectivity index (χ2n) is 6.30. The van der Waals surface area contributed by atoms with E-state index >= 15 is 0 Å². The van der Waals surface area contributed by atoms with Crippen molar-refractivity contribution in [3.8, 4) is 0 Å². The number of carbonyl (C=O) groups is 2. The number of nitrogens with one attached hydrogen (secondary N) is 1. The third-order valence-corrected chi connectivity index (χ3v) is 4.74. The van der Waals surface area contributed by atoms with Crippen LogP contribution in [0.5, 0.6) is 0 Å². The quantitative estimate of drug-likeness (QED) is 0.870. The molecule has 0 saturated heterocycles. The average Bonchev–Trinajstić information content (AvgIpc) is 3.07. The Morgan fingerprint density at radius 3 is 2.68 bits per heavy atom. The molecule has 0 heterocycles. The number of rotatable bonds is 4. The molecule has 2 aliphatic carbocycles. The Balaban J connectivity index is 1.51. The van der Waals surface area contributed by atoms with Crippen LogP contribution in [-0.4, -0.2) is 18.5 Å². The van der Waals surface area contributed by atoms with E-state index < -0.39 is 0 Å². The Bertz CT molecular complexity index is 549. The molecule has 4 heteroatoms. The van der Waals surface area contributed by atoms with E-state index in [9.17, 15) is 9.59 Å². The topological polar surface area (TPSA) is 55.4 Å². The van der Waals surface area contributed by atoms with Crippen LogP contribution >= 0.6 is 0 Å². The van der Waals surface area contributed by atoms with E-state index in [-0.39, 0.29) is 30.4 Å². The largest absolute Gasteiger partial charge is 0.455 e. The molecule has 1 atom stereocenters. The zero-order valence-electron chi connectivity index (χ0n) is 12.8. The van der Waals surface area contributed by atoms with E-state index in [0.29, 0.717) is 0 Å². The second-order valence-corrected chi connectivity index (χ2v) is 6.30. The van der Waals surface area contributed by atoms with Crippen molar-refractivity contribution in [3.63, 3.8) is 0 Å². The minimum absolute atomic E-state index is 0.00297. The maximum atomic E-state index is 12.1. The van der Waals surface area contributed by atoms with Gasteiger partial charge >= 0.3 is 5.97 Å². The summed E-state index contributed by atoms with van der Waals surface area (Å²) >= 11 is 0. The predicted octanol–water partition coefficient (Wildman–Crippen LogP) is 2.91. The van der Waals surface area contributed by atoms with E-state index in [1.165, 1.54) is 11.1 Å². The van der Waals surface area contributed by atoms with Gasteiger partial charge in [-0.3, -0.25) is 9.59 Å². The molecule has 0 unspecified atom stereocenters. The fraction of sp³-hybridized carbons (Fsp3) is 0.556. The summed E-state index contributed by atoms with van der Waals surface area (Å²) < 4.78 is 5.17. The Morgan fingerprint density at radius 2 is 1.86 bits per heavy atom. The molecule has 2 aliphatic rings. The van der Waals surface area contributed by atoms with Gasteiger partial charge < -0.3 is 10.1 Å². The number of benzene rings is 1. The van der Waals surface area contributed by atoms with E-state index in [4.69, 9.17) is 4.74 Å². The molecular formula is C18H23NO3. The van der Waals surface area contributed by atoms with Crippen molar-refractivity contribution in [3.05, 3.63) is 35.4 Å². The van der Waals surface area contributed by atoms with Crippen molar-refractivity contribution in [2.45, 2.75) is 51.0 Å². The molecule has 0 bridgehead atoms. The van der Waals surface area contributed by atoms with Gasteiger partial charge in [-0.2, -0.15) is 0 Å². The van der Waals surface area contributed by atoms with Crippen molar-refractivity contribution >= 4 is 11.9 Å². The second kappa shape index (κ2) is 6.95. The van der Waals surface area contributed by atoms with Crippen molar-refractivity contribution in [2.24, 2.45) is 5.92 Å². The van der Waals surface area contributed by atoms with Crippen LogP contribution in [0.1, 0.15) is 55.7 Å². The van der Waals surface area contributed by atoms with Gasteiger partial charge in [0.2, 0.25) is 0 Å². The van der Waals surface area contributed by atoms with E-state index in [0.717, 1.165) is 44.9 Å². The van der Waals surface area contributed by atoms with Crippen molar-refractivity contribution in [2.75, 3.05) is 6.61 Å². The average molecular weight is 301 g/mol. The van der Waals surface area contributed by atoms with Crippen molar-refractivity contribution in [1.29, 1.82) is 0 Å². The Kier molecular flexibility index (Phi) is 4.76. The fourth-order valence-corrected chi connectivity index (χ4v) is 3.56. The number of carbonyl (C=O) groups excluding carboxylic acids is 2. The van der Waals surface area contributed by atoms with Crippen LogP contribution in [0.25, 0.3) is 0 Å². The zero-order chi connectivity index (χ0) is 15.4. The molecule has 0 radical (unpaired) electrons. The molecule has 1 aromatic rings. The summed E-state index contributed by atoms with van der Waals surface area (Å²) in [6, 6.07) is 8.27. The summed E-state index contributed by atoms with van der Waals surface area (Å²) in [7, 11) is 0. The fourth-order valence-electron chi connectivity index (χ4n) is 3.56. The van der Waals surface area contributed by atoms with Gasteiger partial charge in [0.1, 0.15) is 0 Å². The Labute approximate surface area is 131 Å². The van der Waals surface area contributed by atoms with Crippen molar-refractivity contribution in [1.82, 2.24) is 5.32 Å². The Morgan fingerprint density at radius 1 is 1.09 bits per heavy atom. The Hall–Kier alpha value is -1.84. The molecule has 4 nitrogen and oxygen atoms in total. The maximum Gasteiger partial charge on any atom is 0.309 e. The van der Waals surface area contributed by atoms with Crippen molar-refractivity contribution < 1.29 is 14.3 Å². The number of esters is 1. The molecule has 0 aromatic heterocycles. The standard InChI is InChI=1S/C18H23NO3/c20-17(12-22-18(21)14-7-1-2-8-14)19-16-11-5-9-13-6-3-4-10-15(13)16/h3-4,6,10,14,16H,1-2,5,7-9,11-12H2,(H,19,20)/t16-/m0/s1. The molecule has 1 aromatic carbocycles. The van der Waals surface area contributed by atoms with E-state index in [2.05, 4.69) is 17.4 Å². The first-order valence-corrected chi connectivity index (χ1v) is 8.28. The lowest BCUT2D eigenvalue weighted by Gasteiger charge is -2.26. The number of amides is 1. The van der Waals surface area contributed by atoms with Crippen LogP contribution in [-0.2, 0) is 20.7 Å². The molecule has 3 rings (SSSR count). The zero-order valence-corrected chi connectivity index (χ0v) is 12.8. The predicted molar refractivity (Wildman–Crippen MR) is 83.2 cm³/mol. The lowest BCUT2D eigenvalue weighted by Crippen LogP contribution is -2.34. The molecule has 118 valence electrons. The van der Waals surface area contributed by atoms with Crippen LogP contribution < -0.4 is 5.32 Å². The summed E-state index contributed by atoms with van der Waals surface area (Å²) in [5.41, 5.74) is 2.51. The molecule has 1 saturated carbocycles. The first kappa shape index (κ1) is 15.1.